The number of para-hydroxylation sites is 2. The molecule has 2 heterocycles. The molecule has 0 unspecified atom stereocenters. The number of benzene rings is 2. The maximum atomic E-state index is 12.6. The summed E-state index contributed by atoms with van der Waals surface area (Å²) in [5.41, 5.74) is 8.35. The van der Waals surface area contributed by atoms with E-state index in [0.717, 1.165) is 16.9 Å². The normalized spacial score (nSPS) is 10.7. The molecule has 32 heavy (non-hydrogen) atoms. The number of nitrogens with one attached hydrogen (secondary N) is 1. The van der Waals surface area contributed by atoms with Gasteiger partial charge in [-0.25, -0.2) is 4.98 Å². The average Bonchev–Trinajstić information content (AvgIpc) is 3.45. The van der Waals surface area contributed by atoms with Crippen LogP contribution in [0.1, 0.15) is 10.4 Å². The van der Waals surface area contributed by atoms with Crippen molar-refractivity contribution in [2.24, 2.45) is 5.73 Å². The minimum Gasteiger partial charge on any atom is -0.495 e. The standard InChI is InChI=1S/C23H20N4O3S2/c1-30-19-10-6-5-9-17(19)27-18(15-7-3-2-4-8-15)13-25-23(27)32-14-20(28)26-22-16(21(24)29)11-12-31-22/h2-13H,14H2,1H3,(H2,24,29)(H,26,28). The molecule has 0 fully saturated rings. The molecule has 4 aromatic rings. The summed E-state index contributed by atoms with van der Waals surface area (Å²) in [5.74, 6) is -0.0286. The molecule has 0 bridgehead atoms. The van der Waals surface area contributed by atoms with Gasteiger partial charge in [0.05, 0.1) is 36.0 Å². The van der Waals surface area contributed by atoms with Crippen LogP contribution in [0.3, 0.4) is 0 Å². The predicted molar refractivity (Wildman–Crippen MR) is 128 cm³/mol. The van der Waals surface area contributed by atoms with E-state index in [1.165, 1.54) is 23.1 Å². The number of thioether (sulfide) groups is 1. The van der Waals surface area contributed by atoms with E-state index in [1.807, 2.05) is 59.2 Å². The number of carbonyl (C=O) groups excluding carboxylic acids is 2. The van der Waals surface area contributed by atoms with Crippen LogP contribution in [0.4, 0.5) is 5.00 Å². The van der Waals surface area contributed by atoms with E-state index in [0.29, 0.717) is 21.5 Å². The van der Waals surface area contributed by atoms with Gasteiger partial charge in [0.1, 0.15) is 10.8 Å². The molecule has 4 rings (SSSR count). The number of ether oxygens (including phenoxy) is 1. The van der Waals surface area contributed by atoms with E-state index in [9.17, 15) is 9.59 Å². The van der Waals surface area contributed by atoms with Crippen molar-refractivity contribution in [1.82, 2.24) is 9.55 Å². The highest BCUT2D eigenvalue weighted by atomic mass is 32.2. The van der Waals surface area contributed by atoms with Gasteiger partial charge in [-0.15, -0.1) is 11.3 Å². The fraction of sp³-hybridized carbons (Fsp3) is 0.0870. The molecule has 2 aromatic heterocycles. The summed E-state index contributed by atoms with van der Waals surface area (Å²) in [6.45, 7) is 0. The molecular formula is C23H20N4O3S2. The number of thiophene rings is 1. The molecule has 0 aliphatic rings. The fourth-order valence-corrected chi connectivity index (χ4v) is 4.78. The second-order valence-corrected chi connectivity index (χ2v) is 8.52. The Hall–Kier alpha value is -3.56. The molecule has 0 aliphatic heterocycles. The maximum Gasteiger partial charge on any atom is 0.251 e. The Morgan fingerprint density at radius 2 is 1.88 bits per heavy atom. The minimum absolute atomic E-state index is 0.108. The van der Waals surface area contributed by atoms with Gasteiger partial charge in [0.15, 0.2) is 5.16 Å². The van der Waals surface area contributed by atoms with Crippen LogP contribution in [-0.2, 0) is 4.79 Å². The Morgan fingerprint density at radius 1 is 1.12 bits per heavy atom. The highest BCUT2D eigenvalue weighted by Crippen LogP contribution is 2.34. The van der Waals surface area contributed by atoms with Crippen molar-refractivity contribution in [3.8, 4) is 22.7 Å². The Balaban J connectivity index is 1.63. The molecular weight excluding hydrogens is 444 g/mol. The summed E-state index contributed by atoms with van der Waals surface area (Å²) in [7, 11) is 1.62. The van der Waals surface area contributed by atoms with Gasteiger partial charge in [0.25, 0.3) is 5.91 Å². The lowest BCUT2D eigenvalue weighted by molar-refractivity contribution is -0.113. The Labute approximate surface area is 193 Å². The molecule has 3 N–H and O–H groups in total. The lowest BCUT2D eigenvalue weighted by Crippen LogP contribution is -2.18. The van der Waals surface area contributed by atoms with E-state index in [4.69, 9.17) is 10.5 Å². The van der Waals surface area contributed by atoms with Crippen LogP contribution >= 0.6 is 23.1 Å². The molecule has 9 heteroatoms. The van der Waals surface area contributed by atoms with Gasteiger partial charge in [0, 0.05) is 5.56 Å². The Morgan fingerprint density at radius 3 is 2.62 bits per heavy atom. The third-order valence-electron chi connectivity index (χ3n) is 4.64. The summed E-state index contributed by atoms with van der Waals surface area (Å²) in [6, 6.07) is 19.1. The third kappa shape index (κ3) is 4.53. The lowest BCUT2D eigenvalue weighted by Gasteiger charge is -2.15. The number of methoxy groups -OCH3 is 1. The van der Waals surface area contributed by atoms with Gasteiger partial charge in [0.2, 0.25) is 5.91 Å². The summed E-state index contributed by atoms with van der Waals surface area (Å²) in [5, 5.41) is 5.56. The van der Waals surface area contributed by atoms with Gasteiger partial charge < -0.3 is 15.8 Å². The molecule has 0 atom stereocenters. The van der Waals surface area contributed by atoms with E-state index in [1.54, 1.807) is 24.8 Å². The SMILES string of the molecule is COc1ccccc1-n1c(-c2ccccc2)cnc1SCC(=O)Nc1sccc1C(N)=O. The predicted octanol–water partition coefficient (Wildman–Crippen LogP) is 4.44. The average molecular weight is 465 g/mol. The molecule has 0 spiro atoms. The highest BCUT2D eigenvalue weighted by molar-refractivity contribution is 7.99. The molecule has 0 saturated heterocycles. The van der Waals surface area contributed by atoms with Gasteiger partial charge >= 0.3 is 0 Å². The Bertz CT molecular complexity index is 1250. The van der Waals surface area contributed by atoms with Crippen LogP contribution in [0.5, 0.6) is 5.75 Å². The fourth-order valence-electron chi connectivity index (χ4n) is 3.19. The second kappa shape index (κ2) is 9.71. The first-order valence-electron chi connectivity index (χ1n) is 9.65. The number of primary amides is 1. The van der Waals surface area contributed by atoms with E-state index in [-0.39, 0.29) is 11.7 Å². The van der Waals surface area contributed by atoms with E-state index in [2.05, 4.69) is 10.3 Å². The van der Waals surface area contributed by atoms with Crippen molar-refractivity contribution >= 4 is 39.9 Å². The first kappa shape index (κ1) is 21.7. The molecule has 7 nitrogen and oxygen atoms in total. The summed E-state index contributed by atoms with van der Waals surface area (Å²) in [4.78, 5) is 28.6. The smallest absolute Gasteiger partial charge is 0.251 e. The van der Waals surface area contributed by atoms with Gasteiger partial charge in [-0.3, -0.25) is 14.2 Å². The van der Waals surface area contributed by atoms with Gasteiger partial charge in [-0.05, 0) is 23.6 Å². The molecule has 2 aromatic carbocycles. The first-order chi connectivity index (χ1) is 15.6. The zero-order chi connectivity index (χ0) is 22.5. The van der Waals surface area contributed by atoms with Crippen molar-refractivity contribution in [3.63, 3.8) is 0 Å². The van der Waals surface area contributed by atoms with E-state index < -0.39 is 5.91 Å². The van der Waals surface area contributed by atoms with Gasteiger partial charge in [-0.2, -0.15) is 0 Å². The van der Waals surface area contributed by atoms with Crippen LogP contribution in [-0.4, -0.2) is 34.2 Å². The number of hydrogen-bond acceptors (Lipinski definition) is 6. The molecule has 0 radical (unpaired) electrons. The maximum absolute atomic E-state index is 12.6. The molecule has 0 aliphatic carbocycles. The van der Waals surface area contributed by atoms with Crippen LogP contribution in [0.15, 0.2) is 77.4 Å². The summed E-state index contributed by atoms with van der Waals surface area (Å²) in [6.07, 6.45) is 1.78. The second-order valence-electron chi connectivity index (χ2n) is 6.66. The molecule has 0 saturated carbocycles. The number of anilines is 1. The molecule has 162 valence electrons. The number of nitrogens with zero attached hydrogens (tertiary/aromatic N) is 2. The minimum atomic E-state index is -0.576. The summed E-state index contributed by atoms with van der Waals surface area (Å²) >= 11 is 2.55. The van der Waals surface area contributed by atoms with E-state index >= 15 is 0 Å². The third-order valence-corrected chi connectivity index (χ3v) is 6.42. The topological polar surface area (TPSA) is 99.2 Å². The highest BCUT2D eigenvalue weighted by Gasteiger charge is 2.19. The Kier molecular flexibility index (Phi) is 6.58. The number of carbonyl (C=O) groups is 2. The zero-order valence-corrected chi connectivity index (χ0v) is 18.8. The van der Waals surface area contributed by atoms with Crippen LogP contribution in [0, 0.1) is 0 Å². The van der Waals surface area contributed by atoms with Crippen molar-refractivity contribution in [2.45, 2.75) is 5.16 Å². The van der Waals surface area contributed by atoms with Crippen molar-refractivity contribution in [1.29, 1.82) is 0 Å². The number of nitrogens with two attached hydrogens (primary N) is 1. The monoisotopic (exact) mass is 464 g/mol. The van der Waals surface area contributed by atoms with Crippen LogP contribution in [0.25, 0.3) is 16.9 Å². The van der Waals surface area contributed by atoms with Crippen molar-refractivity contribution in [3.05, 3.63) is 77.8 Å². The lowest BCUT2D eigenvalue weighted by atomic mass is 10.1. The first-order valence-corrected chi connectivity index (χ1v) is 11.5. The quantitative estimate of drug-likeness (QED) is 0.376. The van der Waals surface area contributed by atoms with Crippen molar-refractivity contribution in [2.75, 3.05) is 18.2 Å². The summed E-state index contributed by atoms with van der Waals surface area (Å²) < 4.78 is 7.55. The molecule has 2 amide bonds. The zero-order valence-electron chi connectivity index (χ0n) is 17.1. The number of rotatable bonds is 8. The number of hydrogen-bond donors (Lipinski definition) is 2. The van der Waals surface area contributed by atoms with Crippen LogP contribution < -0.4 is 15.8 Å². The largest absolute Gasteiger partial charge is 0.495 e. The van der Waals surface area contributed by atoms with Crippen LogP contribution in [0.2, 0.25) is 0 Å². The van der Waals surface area contributed by atoms with Gasteiger partial charge in [-0.1, -0.05) is 54.2 Å². The van der Waals surface area contributed by atoms with Crippen molar-refractivity contribution < 1.29 is 14.3 Å². The number of imidazole rings is 1. The number of aromatic nitrogens is 2. The number of amides is 2.